The molecule has 0 aliphatic heterocycles. The van der Waals surface area contributed by atoms with Crippen molar-refractivity contribution in [1.82, 2.24) is 5.32 Å². The van der Waals surface area contributed by atoms with Gasteiger partial charge in [0.25, 0.3) is 5.91 Å². The molecular formula is C6H14N2O2. The van der Waals surface area contributed by atoms with Gasteiger partial charge in [0.1, 0.15) is 0 Å². The molecule has 4 nitrogen and oxygen atoms in total. The fourth-order valence-electron chi connectivity index (χ4n) is 0.464. The molecule has 0 heterocycles. The van der Waals surface area contributed by atoms with E-state index in [0.29, 0.717) is 0 Å². The molecule has 0 aromatic heterocycles. The number of nitrogens with two attached hydrogens (primary N) is 1. The van der Waals surface area contributed by atoms with Crippen molar-refractivity contribution < 1.29 is 9.63 Å². The van der Waals surface area contributed by atoms with Crippen LogP contribution in [0.5, 0.6) is 0 Å². The Morgan fingerprint density at radius 1 is 1.50 bits per heavy atom. The third-order valence-corrected chi connectivity index (χ3v) is 1.00. The van der Waals surface area contributed by atoms with E-state index in [1.165, 1.54) is 0 Å². The Labute approximate surface area is 60.7 Å². The number of rotatable bonds is 3. The van der Waals surface area contributed by atoms with Crippen LogP contribution in [-0.4, -0.2) is 18.1 Å². The molecule has 0 aliphatic rings. The maximum Gasteiger partial charge on any atom is 0.251 e. The quantitative estimate of drug-likeness (QED) is 0.541. The number of carbonyl (C=O) groups excluding carboxylic acids is 1. The van der Waals surface area contributed by atoms with Gasteiger partial charge in [0.05, 0.1) is 0 Å². The first-order chi connectivity index (χ1) is 4.57. The fourth-order valence-corrected chi connectivity index (χ4v) is 0.464. The van der Waals surface area contributed by atoms with E-state index in [1.807, 2.05) is 13.8 Å². The predicted molar refractivity (Wildman–Crippen MR) is 38.0 cm³/mol. The minimum Gasteiger partial charge on any atom is -0.352 e. The van der Waals surface area contributed by atoms with Crippen LogP contribution in [0.1, 0.15) is 20.8 Å². The second-order valence-electron chi connectivity index (χ2n) is 2.44. The molecule has 0 spiro atoms. The number of hydrogen-bond acceptors (Lipinski definition) is 3. The lowest BCUT2D eigenvalue weighted by Crippen LogP contribution is -2.39. The lowest BCUT2D eigenvalue weighted by atomic mass is 10.3. The van der Waals surface area contributed by atoms with Crippen molar-refractivity contribution in [1.29, 1.82) is 0 Å². The highest BCUT2D eigenvalue weighted by atomic mass is 16.6. The highest BCUT2D eigenvalue weighted by molar-refractivity contribution is 5.80. The van der Waals surface area contributed by atoms with Crippen LogP contribution in [-0.2, 0) is 9.63 Å². The average Bonchev–Trinajstić information content (AvgIpc) is 1.85. The average molecular weight is 146 g/mol. The zero-order valence-corrected chi connectivity index (χ0v) is 6.55. The van der Waals surface area contributed by atoms with Crippen LogP contribution in [0.2, 0.25) is 0 Å². The summed E-state index contributed by atoms with van der Waals surface area (Å²) in [6, 6.07) is 0.130. The molecule has 60 valence electrons. The maximum absolute atomic E-state index is 10.9. The van der Waals surface area contributed by atoms with Gasteiger partial charge in [0.15, 0.2) is 6.10 Å². The molecule has 1 amide bonds. The molecule has 1 unspecified atom stereocenters. The molecule has 10 heavy (non-hydrogen) atoms. The first kappa shape index (κ1) is 9.39. The summed E-state index contributed by atoms with van der Waals surface area (Å²) in [6.45, 7) is 5.35. The van der Waals surface area contributed by atoms with Gasteiger partial charge in [0, 0.05) is 6.04 Å². The molecule has 0 saturated heterocycles. The van der Waals surface area contributed by atoms with E-state index in [9.17, 15) is 4.79 Å². The van der Waals surface area contributed by atoms with Crippen LogP contribution in [0.25, 0.3) is 0 Å². The van der Waals surface area contributed by atoms with Gasteiger partial charge in [-0.15, -0.1) is 0 Å². The van der Waals surface area contributed by atoms with Gasteiger partial charge in [-0.2, -0.15) is 0 Å². The largest absolute Gasteiger partial charge is 0.352 e. The summed E-state index contributed by atoms with van der Waals surface area (Å²) in [7, 11) is 0. The summed E-state index contributed by atoms with van der Waals surface area (Å²) in [5.41, 5.74) is 0. The summed E-state index contributed by atoms with van der Waals surface area (Å²) in [5.74, 6) is 4.60. The van der Waals surface area contributed by atoms with E-state index in [4.69, 9.17) is 5.90 Å². The predicted octanol–water partition coefficient (Wildman–Crippen LogP) is -0.210. The van der Waals surface area contributed by atoms with Crippen molar-refractivity contribution in [3.8, 4) is 0 Å². The van der Waals surface area contributed by atoms with E-state index in [-0.39, 0.29) is 11.9 Å². The van der Waals surface area contributed by atoms with Gasteiger partial charge in [-0.05, 0) is 20.8 Å². The van der Waals surface area contributed by atoms with Crippen molar-refractivity contribution >= 4 is 5.91 Å². The number of nitrogens with one attached hydrogen (secondary N) is 1. The lowest BCUT2D eigenvalue weighted by Gasteiger charge is -2.11. The third-order valence-electron chi connectivity index (χ3n) is 1.00. The van der Waals surface area contributed by atoms with Crippen LogP contribution in [0.3, 0.4) is 0 Å². The van der Waals surface area contributed by atoms with Gasteiger partial charge in [0.2, 0.25) is 0 Å². The van der Waals surface area contributed by atoms with E-state index in [1.54, 1.807) is 6.92 Å². The topological polar surface area (TPSA) is 64.3 Å². The first-order valence-corrected chi connectivity index (χ1v) is 3.23. The van der Waals surface area contributed by atoms with Crippen LogP contribution in [0.4, 0.5) is 0 Å². The zero-order valence-electron chi connectivity index (χ0n) is 6.55. The Morgan fingerprint density at radius 2 is 2.00 bits per heavy atom. The van der Waals surface area contributed by atoms with Crippen molar-refractivity contribution in [3.63, 3.8) is 0 Å². The number of carbonyl (C=O) groups is 1. The van der Waals surface area contributed by atoms with Crippen LogP contribution < -0.4 is 11.2 Å². The molecule has 0 radical (unpaired) electrons. The Kier molecular flexibility index (Phi) is 3.99. The summed E-state index contributed by atoms with van der Waals surface area (Å²) in [6.07, 6.45) is -0.567. The molecule has 0 bridgehead atoms. The lowest BCUT2D eigenvalue weighted by molar-refractivity contribution is -0.132. The molecule has 0 fully saturated rings. The monoisotopic (exact) mass is 146 g/mol. The van der Waals surface area contributed by atoms with Gasteiger partial charge in [-0.3, -0.25) is 9.63 Å². The zero-order chi connectivity index (χ0) is 8.15. The second-order valence-corrected chi connectivity index (χ2v) is 2.44. The van der Waals surface area contributed by atoms with Crippen molar-refractivity contribution in [3.05, 3.63) is 0 Å². The molecule has 0 rings (SSSR count). The Morgan fingerprint density at radius 3 is 2.30 bits per heavy atom. The van der Waals surface area contributed by atoms with Gasteiger partial charge in [-0.1, -0.05) is 0 Å². The summed E-state index contributed by atoms with van der Waals surface area (Å²) < 4.78 is 0. The van der Waals surface area contributed by atoms with E-state index in [0.717, 1.165) is 0 Å². The minimum absolute atomic E-state index is 0.130. The molecule has 3 N–H and O–H groups in total. The highest BCUT2D eigenvalue weighted by Gasteiger charge is 2.11. The molecule has 0 aliphatic carbocycles. The first-order valence-electron chi connectivity index (χ1n) is 3.23. The highest BCUT2D eigenvalue weighted by Crippen LogP contribution is 1.86. The van der Waals surface area contributed by atoms with Gasteiger partial charge < -0.3 is 5.32 Å². The second kappa shape index (κ2) is 4.24. The third kappa shape index (κ3) is 3.42. The standard InChI is InChI=1S/C6H14N2O2/c1-4(2)8-6(9)5(3)10-7/h4-5H,7H2,1-3H3,(H,8,9). The van der Waals surface area contributed by atoms with Crippen molar-refractivity contribution in [2.24, 2.45) is 5.90 Å². The Balaban J connectivity index is 3.62. The minimum atomic E-state index is -0.567. The fraction of sp³-hybridized carbons (Fsp3) is 0.833. The molecule has 0 saturated carbocycles. The SMILES string of the molecule is CC(C)NC(=O)C(C)ON. The Hall–Kier alpha value is -0.610. The Bertz CT molecular complexity index is 114. The normalized spacial score (nSPS) is 13.3. The van der Waals surface area contributed by atoms with E-state index in [2.05, 4.69) is 10.2 Å². The van der Waals surface area contributed by atoms with Crippen LogP contribution in [0, 0.1) is 0 Å². The van der Waals surface area contributed by atoms with E-state index < -0.39 is 6.10 Å². The van der Waals surface area contributed by atoms with E-state index >= 15 is 0 Å². The number of hydrogen-bond donors (Lipinski definition) is 2. The molecule has 1 atom stereocenters. The summed E-state index contributed by atoms with van der Waals surface area (Å²) in [4.78, 5) is 15.2. The maximum atomic E-state index is 10.9. The number of amides is 1. The molecule has 0 aromatic rings. The molecule has 0 aromatic carbocycles. The molecule has 4 heteroatoms. The van der Waals surface area contributed by atoms with Crippen molar-refractivity contribution in [2.45, 2.75) is 32.9 Å². The van der Waals surface area contributed by atoms with Crippen LogP contribution in [0.15, 0.2) is 0 Å². The molecular weight excluding hydrogens is 132 g/mol. The van der Waals surface area contributed by atoms with Crippen LogP contribution >= 0.6 is 0 Å². The summed E-state index contributed by atoms with van der Waals surface area (Å²) >= 11 is 0. The van der Waals surface area contributed by atoms with Gasteiger partial charge >= 0.3 is 0 Å². The van der Waals surface area contributed by atoms with Crippen molar-refractivity contribution in [2.75, 3.05) is 0 Å². The summed E-state index contributed by atoms with van der Waals surface area (Å²) in [5, 5.41) is 2.65. The van der Waals surface area contributed by atoms with Gasteiger partial charge in [-0.25, -0.2) is 5.90 Å². The smallest absolute Gasteiger partial charge is 0.251 e.